The Morgan fingerprint density at radius 3 is 2.57 bits per heavy atom. The molecule has 0 bridgehead atoms. The Morgan fingerprint density at radius 1 is 1.13 bits per heavy atom. The zero-order chi connectivity index (χ0) is 21.2. The first kappa shape index (κ1) is 21.4. The van der Waals surface area contributed by atoms with E-state index >= 15 is 0 Å². The van der Waals surface area contributed by atoms with Crippen LogP contribution in [0.3, 0.4) is 0 Å². The lowest BCUT2D eigenvalue weighted by Crippen LogP contribution is -2.64. The average molecular weight is 515 g/mol. The van der Waals surface area contributed by atoms with Crippen molar-refractivity contribution in [2.75, 3.05) is 16.7 Å². The Hall–Kier alpha value is -1.86. The number of alkyl halides is 1. The minimum Gasteiger partial charge on any atom is -0.398 e. The molecule has 0 unspecified atom stereocenters. The summed E-state index contributed by atoms with van der Waals surface area (Å²) in [5.74, 6) is 0.233. The third-order valence-corrected chi connectivity index (χ3v) is 7.48. The number of likely N-dealkylation sites (tertiary alicyclic amines) is 1. The van der Waals surface area contributed by atoms with E-state index in [0.717, 1.165) is 47.0 Å². The molecular weight excluding hydrogens is 485 g/mol. The van der Waals surface area contributed by atoms with Gasteiger partial charge in [0.2, 0.25) is 5.91 Å². The SMILES string of the molecule is CC[C@]1(CCI)CC(=O)N(Cc2ccccc2)[C@]12C=C(c1ccccc1N)CCN2. The highest BCUT2D eigenvalue weighted by Crippen LogP contribution is 2.53. The number of hydrogen-bond donors (Lipinski definition) is 2. The topological polar surface area (TPSA) is 58.4 Å². The maximum Gasteiger partial charge on any atom is 0.225 e. The second-order valence-corrected chi connectivity index (χ2v) is 9.49. The summed E-state index contributed by atoms with van der Waals surface area (Å²) in [4.78, 5) is 15.5. The molecule has 30 heavy (non-hydrogen) atoms. The number of halogens is 1. The summed E-state index contributed by atoms with van der Waals surface area (Å²) in [6.07, 6.45) is 5.79. The predicted molar refractivity (Wildman–Crippen MR) is 132 cm³/mol. The average Bonchev–Trinajstić information content (AvgIpc) is 2.97. The number of para-hydroxylation sites is 1. The van der Waals surface area contributed by atoms with Crippen LogP contribution in [0.25, 0.3) is 5.57 Å². The lowest BCUT2D eigenvalue weighted by molar-refractivity contribution is -0.131. The maximum atomic E-state index is 13.4. The summed E-state index contributed by atoms with van der Waals surface area (Å²) >= 11 is 2.45. The second-order valence-electron chi connectivity index (χ2n) is 8.42. The van der Waals surface area contributed by atoms with E-state index in [0.29, 0.717) is 13.0 Å². The van der Waals surface area contributed by atoms with Crippen molar-refractivity contribution in [1.82, 2.24) is 10.2 Å². The molecule has 4 nitrogen and oxygen atoms in total. The van der Waals surface area contributed by atoms with Crippen LogP contribution < -0.4 is 11.1 Å². The van der Waals surface area contributed by atoms with Gasteiger partial charge >= 0.3 is 0 Å². The highest BCUT2D eigenvalue weighted by atomic mass is 127. The van der Waals surface area contributed by atoms with Crippen molar-refractivity contribution < 1.29 is 4.79 Å². The fraction of sp³-hybridized carbons (Fsp3) is 0.400. The van der Waals surface area contributed by atoms with Gasteiger partial charge in [-0.05, 0) is 42.5 Å². The Bertz CT molecular complexity index is 944. The van der Waals surface area contributed by atoms with Crippen LogP contribution in [0.2, 0.25) is 0 Å². The summed E-state index contributed by atoms with van der Waals surface area (Å²) in [7, 11) is 0. The second kappa shape index (κ2) is 8.71. The van der Waals surface area contributed by atoms with Crippen LogP contribution in [-0.2, 0) is 11.3 Å². The molecule has 0 saturated carbocycles. The van der Waals surface area contributed by atoms with Gasteiger partial charge in [0.25, 0.3) is 0 Å². The molecule has 1 spiro atoms. The van der Waals surface area contributed by atoms with Crippen LogP contribution in [-0.4, -0.2) is 27.4 Å². The number of anilines is 1. The quantitative estimate of drug-likeness (QED) is 0.324. The van der Waals surface area contributed by atoms with Crippen molar-refractivity contribution in [1.29, 1.82) is 0 Å². The summed E-state index contributed by atoms with van der Waals surface area (Å²) in [5.41, 5.74) is 10.0. The van der Waals surface area contributed by atoms with Crippen LogP contribution in [0.4, 0.5) is 5.69 Å². The van der Waals surface area contributed by atoms with E-state index in [9.17, 15) is 4.79 Å². The van der Waals surface area contributed by atoms with Gasteiger partial charge in [-0.1, -0.05) is 78.0 Å². The van der Waals surface area contributed by atoms with Gasteiger partial charge in [-0.25, -0.2) is 0 Å². The highest BCUT2D eigenvalue weighted by Gasteiger charge is 2.60. The lowest BCUT2D eigenvalue weighted by Gasteiger charge is -2.50. The van der Waals surface area contributed by atoms with Gasteiger partial charge in [0.05, 0.1) is 0 Å². The van der Waals surface area contributed by atoms with E-state index in [1.807, 2.05) is 36.4 Å². The predicted octanol–water partition coefficient (Wildman–Crippen LogP) is 5.00. The minimum atomic E-state index is -0.490. The van der Waals surface area contributed by atoms with Crippen LogP contribution in [0, 0.1) is 5.41 Å². The van der Waals surface area contributed by atoms with E-state index in [1.54, 1.807) is 0 Å². The van der Waals surface area contributed by atoms with Crippen molar-refractivity contribution in [2.24, 2.45) is 5.41 Å². The van der Waals surface area contributed by atoms with E-state index in [4.69, 9.17) is 5.73 Å². The van der Waals surface area contributed by atoms with E-state index < -0.39 is 5.66 Å². The van der Waals surface area contributed by atoms with Crippen LogP contribution >= 0.6 is 22.6 Å². The first-order chi connectivity index (χ1) is 14.5. The zero-order valence-corrected chi connectivity index (χ0v) is 19.7. The largest absolute Gasteiger partial charge is 0.398 e. The number of carbonyl (C=O) groups excluding carboxylic acids is 1. The molecule has 2 aliphatic rings. The molecule has 0 radical (unpaired) electrons. The number of nitrogen functional groups attached to an aromatic ring is 1. The first-order valence-corrected chi connectivity index (χ1v) is 12.3. The molecule has 1 fully saturated rings. The van der Waals surface area contributed by atoms with Gasteiger partial charge < -0.3 is 10.6 Å². The van der Waals surface area contributed by atoms with Gasteiger partial charge in [0, 0.05) is 40.6 Å². The first-order valence-electron chi connectivity index (χ1n) is 10.8. The van der Waals surface area contributed by atoms with Gasteiger partial charge in [0.1, 0.15) is 5.66 Å². The molecule has 2 aliphatic heterocycles. The van der Waals surface area contributed by atoms with Crippen molar-refractivity contribution in [3.05, 3.63) is 71.8 Å². The molecule has 5 heteroatoms. The Labute approximate surface area is 193 Å². The number of hydrogen-bond acceptors (Lipinski definition) is 3. The number of amides is 1. The van der Waals surface area contributed by atoms with Crippen LogP contribution in [0.5, 0.6) is 0 Å². The van der Waals surface area contributed by atoms with Crippen LogP contribution in [0.15, 0.2) is 60.7 Å². The zero-order valence-electron chi connectivity index (χ0n) is 17.5. The summed E-state index contributed by atoms with van der Waals surface area (Å²) in [5, 5.41) is 3.83. The summed E-state index contributed by atoms with van der Waals surface area (Å²) < 4.78 is 1.03. The molecule has 2 heterocycles. The van der Waals surface area contributed by atoms with Gasteiger partial charge in [-0.15, -0.1) is 0 Å². The standard InChI is InChI=1S/C25H30IN3O/c1-2-24(13-14-26)17-23(30)29(18-19-8-4-3-5-9-19)25(24)16-20(12-15-28-25)21-10-6-7-11-22(21)27/h3-11,16,28H,2,12-15,17-18,27H2,1H3/t24-,25+/m0/s1. The van der Waals surface area contributed by atoms with E-state index in [-0.39, 0.29) is 11.3 Å². The molecule has 158 valence electrons. The molecule has 1 saturated heterocycles. The van der Waals surface area contributed by atoms with Crippen molar-refractivity contribution in [3.8, 4) is 0 Å². The number of nitrogens with one attached hydrogen (secondary N) is 1. The van der Waals surface area contributed by atoms with E-state index in [1.165, 1.54) is 5.57 Å². The molecule has 2 aromatic rings. The fourth-order valence-corrected chi connectivity index (χ4v) is 6.32. The minimum absolute atomic E-state index is 0.130. The summed E-state index contributed by atoms with van der Waals surface area (Å²) in [6.45, 7) is 3.68. The molecule has 0 aliphatic carbocycles. The van der Waals surface area contributed by atoms with Crippen molar-refractivity contribution >= 4 is 39.8 Å². The molecule has 1 amide bonds. The number of rotatable bonds is 6. The Balaban J connectivity index is 1.85. The normalized spacial score (nSPS) is 26.3. The van der Waals surface area contributed by atoms with Crippen LogP contribution in [0.1, 0.15) is 43.7 Å². The molecule has 2 atom stereocenters. The summed E-state index contributed by atoms with van der Waals surface area (Å²) in [6, 6.07) is 18.4. The fourth-order valence-electron chi connectivity index (χ4n) is 5.29. The molecule has 2 aromatic carbocycles. The lowest BCUT2D eigenvalue weighted by atomic mass is 9.68. The monoisotopic (exact) mass is 515 g/mol. The smallest absolute Gasteiger partial charge is 0.225 e. The third kappa shape index (κ3) is 3.56. The van der Waals surface area contributed by atoms with Crippen molar-refractivity contribution in [2.45, 2.75) is 44.8 Å². The molecule has 3 N–H and O–H groups in total. The Kier molecular flexibility index (Phi) is 6.21. The number of nitrogens with two attached hydrogens (primary N) is 1. The van der Waals surface area contributed by atoms with Crippen molar-refractivity contribution in [3.63, 3.8) is 0 Å². The molecule has 4 rings (SSSR count). The third-order valence-electron chi connectivity index (χ3n) is 6.94. The number of carbonyl (C=O) groups is 1. The Morgan fingerprint density at radius 2 is 1.87 bits per heavy atom. The molecular formula is C25H30IN3O. The number of nitrogens with zero attached hydrogens (tertiary/aromatic N) is 1. The van der Waals surface area contributed by atoms with E-state index in [2.05, 4.69) is 64.0 Å². The molecule has 0 aromatic heterocycles. The van der Waals surface area contributed by atoms with Gasteiger partial charge in [-0.3, -0.25) is 10.1 Å². The highest BCUT2D eigenvalue weighted by molar-refractivity contribution is 14.1. The maximum absolute atomic E-state index is 13.4. The number of benzene rings is 2. The van der Waals surface area contributed by atoms with Gasteiger partial charge in [0.15, 0.2) is 0 Å². The van der Waals surface area contributed by atoms with Gasteiger partial charge in [-0.2, -0.15) is 0 Å².